The van der Waals surface area contributed by atoms with Crippen LogP contribution in [0.4, 0.5) is 0 Å². The van der Waals surface area contributed by atoms with Crippen LogP contribution in [-0.2, 0) is 13.1 Å². The molecule has 0 radical (unpaired) electrons. The zero-order valence-corrected chi connectivity index (χ0v) is 13.7. The van der Waals surface area contributed by atoms with Crippen LogP contribution in [0.3, 0.4) is 0 Å². The number of hydrogen-bond acceptors (Lipinski definition) is 4. The van der Waals surface area contributed by atoms with Crippen molar-refractivity contribution >= 4 is 0 Å². The van der Waals surface area contributed by atoms with Gasteiger partial charge in [-0.3, -0.25) is 9.80 Å². The first kappa shape index (κ1) is 15.1. The van der Waals surface area contributed by atoms with Gasteiger partial charge in [0.2, 0.25) is 0 Å². The van der Waals surface area contributed by atoms with Crippen LogP contribution in [-0.4, -0.2) is 48.6 Å². The summed E-state index contributed by atoms with van der Waals surface area (Å²) < 4.78 is 5.96. The summed E-state index contributed by atoms with van der Waals surface area (Å²) in [5.74, 6) is 2.18. The van der Waals surface area contributed by atoms with E-state index in [9.17, 15) is 0 Å². The summed E-state index contributed by atoms with van der Waals surface area (Å²) in [6.07, 6.45) is 4.15. The average molecular weight is 291 g/mol. The third-order valence-electron chi connectivity index (χ3n) is 5.11. The van der Waals surface area contributed by atoms with Crippen molar-refractivity contribution in [2.75, 3.05) is 26.7 Å². The molecule has 0 bridgehead atoms. The quantitative estimate of drug-likeness (QED) is 0.923. The fourth-order valence-corrected chi connectivity index (χ4v) is 3.86. The largest absolute Gasteiger partial charge is 0.465 e. The molecule has 21 heavy (non-hydrogen) atoms. The Labute approximate surface area is 128 Å². The van der Waals surface area contributed by atoms with Gasteiger partial charge in [0.25, 0.3) is 0 Å². The summed E-state index contributed by atoms with van der Waals surface area (Å²) in [6.45, 7) is 9.98. The predicted molar refractivity (Wildman–Crippen MR) is 85.3 cm³/mol. The molecule has 0 spiro atoms. The Balaban J connectivity index is 1.65. The van der Waals surface area contributed by atoms with Gasteiger partial charge in [-0.1, -0.05) is 6.42 Å². The van der Waals surface area contributed by atoms with Crippen molar-refractivity contribution in [1.82, 2.24) is 15.1 Å². The van der Waals surface area contributed by atoms with E-state index >= 15 is 0 Å². The van der Waals surface area contributed by atoms with E-state index in [4.69, 9.17) is 4.42 Å². The van der Waals surface area contributed by atoms with Gasteiger partial charge in [0.1, 0.15) is 11.5 Å². The van der Waals surface area contributed by atoms with E-state index in [1.54, 1.807) is 0 Å². The maximum Gasteiger partial charge on any atom is 0.118 e. The number of rotatable bonds is 4. The molecule has 3 heterocycles. The van der Waals surface area contributed by atoms with Gasteiger partial charge < -0.3 is 9.73 Å². The normalized spacial score (nSPS) is 27.8. The Hall–Kier alpha value is -0.840. The second kappa shape index (κ2) is 6.51. The van der Waals surface area contributed by atoms with Crippen LogP contribution in [0.2, 0.25) is 0 Å². The highest BCUT2D eigenvalue weighted by molar-refractivity contribution is 5.20. The second-order valence-corrected chi connectivity index (χ2v) is 6.75. The van der Waals surface area contributed by atoms with Crippen molar-refractivity contribution < 1.29 is 4.42 Å². The molecule has 0 saturated carbocycles. The average Bonchev–Trinajstić information content (AvgIpc) is 2.80. The smallest absolute Gasteiger partial charge is 0.118 e. The Morgan fingerprint density at radius 1 is 1.33 bits per heavy atom. The molecular formula is C17H29N3O. The fraction of sp³-hybridized carbons (Fsp3) is 0.765. The first-order valence-corrected chi connectivity index (χ1v) is 8.38. The summed E-state index contributed by atoms with van der Waals surface area (Å²) >= 11 is 0. The van der Waals surface area contributed by atoms with E-state index in [1.807, 2.05) is 7.05 Å². The molecule has 118 valence electrons. The number of furan rings is 1. The van der Waals surface area contributed by atoms with Crippen molar-refractivity contribution in [2.24, 2.45) is 0 Å². The van der Waals surface area contributed by atoms with E-state index in [1.165, 1.54) is 44.5 Å². The molecule has 2 unspecified atom stereocenters. The number of fused-ring (bicyclic) bond motifs is 1. The summed E-state index contributed by atoms with van der Waals surface area (Å²) in [4.78, 5) is 5.30. The van der Waals surface area contributed by atoms with Crippen LogP contribution in [0.1, 0.15) is 43.3 Å². The summed E-state index contributed by atoms with van der Waals surface area (Å²) in [6, 6.07) is 3.62. The first-order valence-electron chi connectivity index (χ1n) is 8.38. The van der Waals surface area contributed by atoms with Crippen molar-refractivity contribution in [1.29, 1.82) is 0 Å². The number of aryl methyl sites for hydroxylation is 1. The Bertz CT molecular complexity index is 471. The maximum atomic E-state index is 5.96. The predicted octanol–water partition coefficient (Wildman–Crippen LogP) is 2.37. The molecule has 2 aliphatic rings. The van der Waals surface area contributed by atoms with Crippen molar-refractivity contribution in [3.05, 3.63) is 23.2 Å². The lowest BCUT2D eigenvalue weighted by Gasteiger charge is -2.47. The molecular weight excluding hydrogens is 262 g/mol. The molecule has 1 N–H and O–H groups in total. The van der Waals surface area contributed by atoms with Crippen LogP contribution in [0, 0.1) is 6.92 Å². The van der Waals surface area contributed by atoms with Gasteiger partial charge in [0.05, 0.1) is 6.54 Å². The summed E-state index contributed by atoms with van der Waals surface area (Å²) in [5, 5.41) is 3.21. The second-order valence-electron chi connectivity index (χ2n) is 6.75. The molecule has 2 fully saturated rings. The van der Waals surface area contributed by atoms with Gasteiger partial charge >= 0.3 is 0 Å². The zero-order chi connectivity index (χ0) is 14.8. The topological polar surface area (TPSA) is 31.6 Å². The van der Waals surface area contributed by atoms with Gasteiger partial charge in [0.15, 0.2) is 0 Å². The van der Waals surface area contributed by atoms with Crippen LogP contribution in [0.15, 0.2) is 10.5 Å². The third-order valence-corrected chi connectivity index (χ3v) is 5.11. The number of hydrogen-bond donors (Lipinski definition) is 1. The third kappa shape index (κ3) is 3.33. The minimum atomic E-state index is 0.623. The lowest BCUT2D eigenvalue weighted by atomic mass is 9.97. The number of piperidine rings is 1. The molecule has 2 atom stereocenters. The van der Waals surface area contributed by atoms with E-state index in [2.05, 4.69) is 35.0 Å². The molecule has 3 rings (SSSR count). The van der Waals surface area contributed by atoms with E-state index in [0.717, 1.165) is 30.7 Å². The highest BCUT2D eigenvalue weighted by Gasteiger charge is 2.33. The molecule has 2 aliphatic heterocycles. The summed E-state index contributed by atoms with van der Waals surface area (Å²) in [5.41, 5.74) is 1.29. The Morgan fingerprint density at radius 2 is 2.19 bits per heavy atom. The van der Waals surface area contributed by atoms with Crippen molar-refractivity contribution in [3.8, 4) is 0 Å². The van der Waals surface area contributed by atoms with E-state index in [-0.39, 0.29) is 0 Å². The van der Waals surface area contributed by atoms with Crippen molar-refractivity contribution in [2.45, 2.75) is 58.3 Å². The molecule has 0 amide bonds. The van der Waals surface area contributed by atoms with E-state index in [0.29, 0.717) is 6.04 Å². The molecule has 4 heteroatoms. The van der Waals surface area contributed by atoms with Crippen LogP contribution >= 0.6 is 0 Å². The van der Waals surface area contributed by atoms with Gasteiger partial charge in [-0.25, -0.2) is 0 Å². The Morgan fingerprint density at radius 3 is 3.00 bits per heavy atom. The summed E-state index contributed by atoms with van der Waals surface area (Å²) in [7, 11) is 1.98. The fourth-order valence-electron chi connectivity index (χ4n) is 3.86. The van der Waals surface area contributed by atoms with Crippen LogP contribution < -0.4 is 5.32 Å². The van der Waals surface area contributed by atoms with Gasteiger partial charge in [-0.05, 0) is 46.3 Å². The van der Waals surface area contributed by atoms with Gasteiger partial charge in [-0.15, -0.1) is 0 Å². The number of piperazine rings is 1. The maximum absolute atomic E-state index is 5.96. The number of nitrogens with one attached hydrogen (secondary N) is 1. The van der Waals surface area contributed by atoms with Gasteiger partial charge in [0, 0.05) is 37.3 Å². The standard InChI is InChI=1S/C17H29N3O/c1-13-10-19-7-5-4-6-16(19)11-20(13)12-17-8-15(9-18-3)14(2)21-17/h8,13,16,18H,4-7,9-12H2,1-3H3. The minimum absolute atomic E-state index is 0.623. The zero-order valence-electron chi connectivity index (χ0n) is 13.7. The SMILES string of the molecule is CNCc1cc(CN2CC3CCCCN3CC2C)oc1C. The lowest BCUT2D eigenvalue weighted by Crippen LogP contribution is -2.58. The molecule has 0 aromatic carbocycles. The minimum Gasteiger partial charge on any atom is -0.465 e. The lowest BCUT2D eigenvalue weighted by molar-refractivity contribution is 0.00796. The molecule has 4 nitrogen and oxygen atoms in total. The Kier molecular flexibility index (Phi) is 4.67. The van der Waals surface area contributed by atoms with Crippen LogP contribution in [0.25, 0.3) is 0 Å². The molecule has 2 saturated heterocycles. The monoisotopic (exact) mass is 291 g/mol. The first-order chi connectivity index (χ1) is 10.2. The highest BCUT2D eigenvalue weighted by atomic mass is 16.3. The van der Waals surface area contributed by atoms with Crippen LogP contribution in [0.5, 0.6) is 0 Å². The molecule has 1 aromatic rings. The highest BCUT2D eigenvalue weighted by Crippen LogP contribution is 2.26. The van der Waals surface area contributed by atoms with Crippen molar-refractivity contribution in [3.63, 3.8) is 0 Å². The number of nitrogens with zero attached hydrogens (tertiary/aromatic N) is 2. The molecule has 0 aliphatic carbocycles. The van der Waals surface area contributed by atoms with E-state index < -0.39 is 0 Å². The van der Waals surface area contributed by atoms with Gasteiger partial charge in [-0.2, -0.15) is 0 Å². The molecule has 1 aromatic heterocycles.